The van der Waals surface area contributed by atoms with Gasteiger partial charge in [-0.1, -0.05) is 6.92 Å². The van der Waals surface area contributed by atoms with Crippen LogP contribution in [0, 0.1) is 5.82 Å². The van der Waals surface area contributed by atoms with Gasteiger partial charge >= 0.3 is 0 Å². The molecular formula is C12H12BrFN4O. The van der Waals surface area contributed by atoms with Crippen LogP contribution >= 0.6 is 15.9 Å². The summed E-state index contributed by atoms with van der Waals surface area (Å²) in [5.41, 5.74) is 2.45. The lowest BCUT2D eigenvalue weighted by atomic mass is 10.3. The lowest BCUT2D eigenvalue weighted by Crippen LogP contribution is -2.10. The molecule has 7 heteroatoms. The van der Waals surface area contributed by atoms with Crippen molar-refractivity contribution in [1.29, 1.82) is 0 Å². The third kappa shape index (κ3) is 3.39. The molecule has 0 saturated heterocycles. The average molecular weight is 327 g/mol. The van der Waals surface area contributed by atoms with Crippen molar-refractivity contribution >= 4 is 21.7 Å². The summed E-state index contributed by atoms with van der Waals surface area (Å²) in [5.74, 6) is 6.85. The number of halogens is 2. The van der Waals surface area contributed by atoms with Crippen molar-refractivity contribution in [2.45, 2.75) is 13.3 Å². The van der Waals surface area contributed by atoms with E-state index in [9.17, 15) is 4.39 Å². The molecule has 2 aromatic rings. The number of rotatable bonds is 4. The lowest BCUT2D eigenvalue weighted by Gasteiger charge is -2.08. The van der Waals surface area contributed by atoms with Crippen LogP contribution in [-0.2, 0) is 6.42 Å². The van der Waals surface area contributed by atoms with Crippen LogP contribution in [0.4, 0.5) is 10.2 Å². The number of ether oxygens (including phenoxy) is 1. The van der Waals surface area contributed by atoms with Crippen molar-refractivity contribution in [3.8, 4) is 11.6 Å². The average Bonchev–Trinajstić information content (AvgIpc) is 2.42. The van der Waals surface area contributed by atoms with Crippen molar-refractivity contribution < 1.29 is 9.13 Å². The zero-order chi connectivity index (χ0) is 13.8. The van der Waals surface area contributed by atoms with Crippen LogP contribution in [0.1, 0.15) is 12.7 Å². The Morgan fingerprint density at radius 1 is 1.37 bits per heavy atom. The van der Waals surface area contributed by atoms with Crippen LogP contribution in [0.15, 0.2) is 28.7 Å². The monoisotopic (exact) mass is 326 g/mol. The molecule has 2 rings (SSSR count). The third-order valence-corrected chi connectivity index (χ3v) is 2.93. The Hall–Kier alpha value is -1.73. The molecule has 0 spiro atoms. The van der Waals surface area contributed by atoms with Gasteiger partial charge in [0.1, 0.15) is 23.2 Å². The van der Waals surface area contributed by atoms with Gasteiger partial charge in [-0.15, -0.1) is 0 Å². The smallest absolute Gasteiger partial charge is 0.224 e. The number of aryl methyl sites for hydroxylation is 1. The first-order valence-electron chi connectivity index (χ1n) is 5.60. The SMILES string of the molecule is CCc1nc(NN)cc(Oc2ccc(F)c(Br)c2)n1. The summed E-state index contributed by atoms with van der Waals surface area (Å²) in [4.78, 5) is 8.36. The quantitative estimate of drug-likeness (QED) is 0.667. The highest BCUT2D eigenvalue weighted by Crippen LogP contribution is 2.26. The Balaban J connectivity index is 2.29. The molecule has 0 saturated carbocycles. The van der Waals surface area contributed by atoms with Crippen LogP contribution < -0.4 is 16.0 Å². The number of benzene rings is 1. The number of hydrogen-bond acceptors (Lipinski definition) is 5. The number of nitrogens with zero attached hydrogens (tertiary/aromatic N) is 2. The molecule has 0 amide bonds. The predicted octanol–water partition coefficient (Wildman–Crippen LogP) is 3.02. The van der Waals surface area contributed by atoms with E-state index in [0.29, 0.717) is 34.2 Å². The highest BCUT2D eigenvalue weighted by molar-refractivity contribution is 9.10. The van der Waals surface area contributed by atoms with E-state index in [4.69, 9.17) is 10.6 Å². The maximum atomic E-state index is 13.1. The molecule has 0 unspecified atom stereocenters. The standard InChI is InChI=1S/C12H12BrFN4O/c1-2-10-16-11(18-15)6-12(17-10)19-7-3-4-9(14)8(13)5-7/h3-6H,2,15H2,1H3,(H,16,17,18). The summed E-state index contributed by atoms with van der Waals surface area (Å²) in [5, 5.41) is 0. The molecule has 0 atom stereocenters. The first-order valence-corrected chi connectivity index (χ1v) is 6.39. The number of aromatic nitrogens is 2. The number of nitrogen functional groups attached to an aromatic ring is 1. The lowest BCUT2D eigenvalue weighted by molar-refractivity contribution is 0.457. The first kappa shape index (κ1) is 13.7. The predicted molar refractivity (Wildman–Crippen MR) is 73.4 cm³/mol. The van der Waals surface area contributed by atoms with Gasteiger partial charge in [0.15, 0.2) is 0 Å². The minimum atomic E-state index is -0.353. The minimum absolute atomic E-state index is 0.326. The molecule has 19 heavy (non-hydrogen) atoms. The maximum Gasteiger partial charge on any atom is 0.224 e. The normalized spacial score (nSPS) is 10.3. The fourth-order valence-corrected chi connectivity index (χ4v) is 1.78. The maximum absolute atomic E-state index is 13.1. The van der Waals surface area contributed by atoms with Gasteiger partial charge in [-0.05, 0) is 34.1 Å². The second-order valence-corrected chi connectivity index (χ2v) is 4.54. The van der Waals surface area contributed by atoms with E-state index in [2.05, 4.69) is 31.3 Å². The molecule has 0 aliphatic heterocycles. The number of anilines is 1. The molecule has 5 nitrogen and oxygen atoms in total. The second kappa shape index (κ2) is 5.94. The zero-order valence-corrected chi connectivity index (χ0v) is 11.7. The van der Waals surface area contributed by atoms with Crippen LogP contribution in [0.25, 0.3) is 0 Å². The second-order valence-electron chi connectivity index (χ2n) is 3.68. The molecule has 1 aromatic heterocycles. The van der Waals surface area contributed by atoms with Crippen LogP contribution in [0.2, 0.25) is 0 Å². The molecule has 100 valence electrons. The van der Waals surface area contributed by atoms with Gasteiger partial charge in [-0.2, -0.15) is 4.98 Å². The fraction of sp³-hybridized carbons (Fsp3) is 0.167. The van der Waals surface area contributed by atoms with E-state index in [0.717, 1.165) is 0 Å². The molecule has 0 radical (unpaired) electrons. The topological polar surface area (TPSA) is 73.1 Å². The van der Waals surface area contributed by atoms with Crippen molar-refractivity contribution in [1.82, 2.24) is 9.97 Å². The van der Waals surface area contributed by atoms with E-state index in [1.165, 1.54) is 18.2 Å². The largest absolute Gasteiger partial charge is 0.439 e. The number of hydrazine groups is 1. The van der Waals surface area contributed by atoms with Crippen molar-refractivity contribution in [3.05, 3.63) is 40.4 Å². The van der Waals surface area contributed by atoms with E-state index >= 15 is 0 Å². The highest BCUT2D eigenvalue weighted by atomic mass is 79.9. The fourth-order valence-electron chi connectivity index (χ4n) is 1.42. The first-order chi connectivity index (χ1) is 9.12. The molecule has 3 N–H and O–H groups in total. The van der Waals surface area contributed by atoms with Crippen LogP contribution in [-0.4, -0.2) is 9.97 Å². The summed E-state index contributed by atoms with van der Waals surface area (Å²) in [6, 6.07) is 5.92. The molecule has 0 bridgehead atoms. The van der Waals surface area contributed by atoms with Gasteiger partial charge in [0, 0.05) is 12.5 Å². The number of nitrogens with two attached hydrogens (primary N) is 1. The Labute approximate surface area is 118 Å². The van der Waals surface area contributed by atoms with Gasteiger partial charge in [-0.3, -0.25) is 0 Å². The van der Waals surface area contributed by atoms with Crippen LogP contribution in [0.3, 0.4) is 0 Å². The highest BCUT2D eigenvalue weighted by Gasteiger charge is 2.07. The number of nitrogens with one attached hydrogen (secondary N) is 1. The number of hydrogen-bond donors (Lipinski definition) is 2. The van der Waals surface area contributed by atoms with Gasteiger partial charge < -0.3 is 10.2 Å². The van der Waals surface area contributed by atoms with E-state index in [1.807, 2.05) is 6.92 Å². The summed E-state index contributed by atoms with van der Waals surface area (Å²) in [6.45, 7) is 1.92. The Kier molecular flexibility index (Phi) is 4.28. The molecule has 0 fully saturated rings. The van der Waals surface area contributed by atoms with E-state index in [-0.39, 0.29) is 5.82 Å². The summed E-state index contributed by atoms with van der Waals surface area (Å²) < 4.78 is 19.0. The Bertz CT molecular complexity index is 572. The Morgan fingerprint density at radius 2 is 2.16 bits per heavy atom. The van der Waals surface area contributed by atoms with Gasteiger partial charge in [0.05, 0.1) is 4.47 Å². The van der Waals surface area contributed by atoms with E-state index in [1.54, 1.807) is 6.07 Å². The van der Waals surface area contributed by atoms with E-state index < -0.39 is 0 Å². The van der Waals surface area contributed by atoms with Crippen molar-refractivity contribution in [3.63, 3.8) is 0 Å². The zero-order valence-electron chi connectivity index (χ0n) is 10.2. The van der Waals surface area contributed by atoms with Crippen molar-refractivity contribution in [2.75, 3.05) is 5.43 Å². The van der Waals surface area contributed by atoms with Gasteiger partial charge in [0.25, 0.3) is 0 Å². The Morgan fingerprint density at radius 3 is 2.79 bits per heavy atom. The molecule has 0 aliphatic rings. The third-order valence-electron chi connectivity index (χ3n) is 2.33. The summed E-state index contributed by atoms with van der Waals surface area (Å²) in [6.07, 6.45) is 0.652. The summed E-state index contributed by atoms with van der Waals surface area (Å²) in [7, 11) is 0. The molecule has 1 aromatic carbocycles. The van der Waals surface area contributed by atoms with Crippen LogP contribution in [0.5, 0.6) is 11.6 Å². The van der Waals surface area contributed by atoms with Crippen molar-refractivity contribution in [2.24, 2.45) is 5.84 Å². The molecular weight excluding hydrogens is 315 g/mol. The summed E-state index contributed by atoms with van der Waals surface area (Å²) >= 11 is 3.10. The van der Waals surface area contributed by atoms with Gasteiger partial charge in [0.2, 0.25) is 5.88 Å². The molecule has 0 aliphatic carbocycles. The molecule has 1 heterocycles. The minimum Gasteiger partial charge on any atom is -0.439 e. The van der Waals surface area contributed by atoms with Gasteiger partial charge in [-0.25, -0.2) is 15.2 Å².